The summed E-state index contributed by atoms with van der Waals surface area (Å²) in [5.74, 6) is 0.756. The van der Waals surface area contributed by atoms with E-state index < -0.39 is 0 Å². The van der Waals surface area contributed by atoms with Gasteiger partial charge in [-0.3, -0.25) is 9.79 Å². The predicted molar refractivity (Wildman–Crippen MR) is 116 cm³/mol. The maximum atomic E-state index is 11.7. The Hall–Kier alpha value is -1.35. The maximum Gasteiger partial charge on any atom is 0.251 e. The van der Waals surface area contributed by atoms with E-state index in [1.54, 1.807) is 7.05 Å². The first-order valence-electron chi connectivity index (χ1n) is 9.16. The lowest BCUT2D eigenvalue weighted by Crippen LogP contribution is -2.45. The summed E-state index contributed by atoms with van der Waals surface area (Å²) in [7, 11) is 1.64. The fourth-order valence-corrected chi connectivity index (χ4v) is 3.04. The van der Waals surface area contributed by atoms with Crippen molar-refractivity contribution < 1.29 is 9.90 Å². The average Bonchev–Trinajstić information content (AvgIpc) is 2.63. The fourth-order valence-electron chi connectivity index (χ4n) is 3.04. The van der Waals surface area contributed by atoms with Crippen LogP contribution < -0.4 is 16.0 Å². The second-order valence-corrected chi connectivity index (χ2v) is 6.44. The first-order chi connectivity index (χ1) is 12.1. The molecule has 6 nitrogen and oxygen atoms in total. The third-order valence-corrected chi connectivity index (χ3v) is 4.47. The zero-order valence-electron chi connectivity index (χ0n) is 15.6. The number of benzene rings is 1. The standard InChI is InChI=1S/C19H30N4O2.HI/c1-3-21-19(23-16-7-9-17(24)10-8-16)22-12-11-14-5-4-6-15(13-14)18(25)20-2;/h4-6,13,16-17,24H,3,7-12H2,1-2H3,(H,20,25)(H2,21,22,23);1H. The molecule has 0 aliphatic heterocycles. The number of aliphatic hydroxyl groups is 1. The molecule has 1 aromatic carbocycles. The van der Waals surface area contributed by atoms with E-state index in [9.17, 15) is 9.90 Å². The van der Waals surface area contributed by atoms with E-state index in [0.29, 0.717) is 18.2 Å². The zero-order valence-corrected chi connectivity index (χ0v) is 18.0. The Morgan fingerprint density at radius 1 is 1.27 bits per heavy atom. The second kappa shape index (κ2) is 12.1. The highest BCUT2D eigenvalue weighted by molar-refractivity contribution is 14.0. The molecule has 2 rings (SSSR count). The molecule has 0 radical (unpaired) electrons. The van der Waals surface area contributed by atoms with Gasteiger partial charge in [0, 0.05) is 31.7 Å². The Morgan fingerprint density at radius 2 is 2.00 bits per heavy atom. The van der Waals surface area contributed by atoms with Crippen molar-refractivity contribution in [2.45, 2.75) is 51.2 Å². The third kappa shape index (κ3) is 7.49. The summed E-state index contributed by atoms with van der Waals surface area (Å²) in [6.07, 6.45) is 4.28. The topological polar surface area (TPSA) is 85.8 Å². The molecule has 0 spiro atoms. The normalized spacial score (nSPS) is 20.0. The first kappa shape index (κ1) is 22.7. The molecule has 1 aliphatic rings. The molecule has 4 N–H and O–H groups in total. The van der Waals surface area contributed by atoms with Crippen LogP contribution in [-0.4, -0.2) is 49.3 Å². The Morgan fingerprint density at radius 3 is 2.65 bits per heavy atom. The molecule has 146 valence electrons. The largest absolute Gasteiger partial charge is 0.393 e. The van der Waals surface area contributed by atoms with Crippen LogP contribution in [0, 0.1) is 0 Å². The van der Waals surface area contributed by atoms with Crippen LogP contribution in [0.15, 0.2) is 29.3 Å². The number of carbonyl (C=O) groups excluding carboxylic acids is 1. The minimum absolute atomic E-state index is 0. The summed E-state index contributed by atoms with van der Waals surface area (Å²) >= 11 is 0. The van der Waals surface area contributed by atoms with E-state index in [4.69, 9.17) is 0 Å². The van der Waals surface area contributed by atoms with Crippen molar-refractivity contribution in [1.29, 1.82) is 0 Å². The highest BCUT2D eigenvalue weighted by Crippen LogP contribution is 2.18. The van der Waals surface area contributed by atoms with Crippen LogP contribution in [-0.2, 0) is 6.42 Å². The summed E-state index contributed by atoms with van der Waals surface area (Å²) < 4.78 is 0. The molecule has 1 fully saturated rings. The van der Waals surface area contributed by atoms with E-state index in [-0.39, 0.29) is 36.0 Å². The number of hydrogen-bond donors (Lipinski definition) is 4. The summed E-state index contributed by atoms with van der Waals surface area (Å²) in [4.78, 5) is 16.3. The van der Waals surface area contributed by atoms with E-state index in [0.717, 1.165) is 50.2 Å². The molecule has 0 unspecified atom stereocenters. The van der Waals surface area contributed by atoms with Gasteiger partial charge in [-0.15, -0.1) is 24.0 Å². The number of hydrogen-bond acceptors (Lipinski definition) is 3. The highest BCUT2D eigenvalue weighted by atomic mass is 127. The molecule has 0 saturated heterocycles. The Labute approximate surface area is 173 Å². The van der Waals surface area contributed by atoms with Crippen molar-refractivity contribution >= 4 is 35.8 Å². The molecule has 1 aromatic rings. The number of aliphatic imine (C=N–C) groups is 1. The fraction of sp³-hybridized carbons (Fsp3) is 0.579. The van der Waals surface area contributed by atoms with Crippen LogP contribution in [0.5, 0.6) is 0 Å². The average molecular weight is 474 g/mol. The van der Waals surface area contributed by atoms with Crippen LogP contribution in [0.3, 0.4) is 0 Å². The second-order valence-electron chi connectivity index (χ2n) is 6.44. The minimum atomic E-state index is -0.148. The molecular formula is C19H31IN4O2. The molecule has 0 heterocycles. The van der Waals surface area contributed by atoms with Gasteiger partial charge in [0.15, 0.2) is 5.96 Å². The molecule has 0 bridgehead atoms. The number of guanidine groups is 1. The molecule has 26 heavy (non-hydrogen) atoms. The van der Waals surface area contributed by atoms with Crippen molar-refractivity contribution in [3.63, 3.8) is 0 Å². The van der Waals surface area contributed by atoms with Gasteiger partial charge >= 0.3 is 0 Å². The number of nitrogens with one attached hydrogen (secondary N) is 3. The van der Waals surface area contributed by atoms with Crippen LogP contribution in [0.25, 0.3) is 0 Å². The zero-order chi connectivity index (χ0) is 18.1. The summed E-state index contributed by atoms with van der Waals surface area (Å²) in [6.45, 7) is 3.52. The number of halogens is 1. The SMILES string of the molecule is CCNC(=NCCc1cccc(C(=O)NC)c1)NC1CCC(O)CC1.I. The van der Waals surface area contributed by atoms with Crippen molar-refractivity contribution in [2.24, 2.45) is 4.99 Å². The molecular weight excluding hydrogens is 443 g/mol. The monoisotopic (exact) mass is 474 g/mol. The molecule has 1 amide bonds. The lowest BCUT2D eigenvalue weighted by molar-refractivity contribution is 0.0963. The summed E-state index contributed by atoms with van der Waals surface area (Å²) in [5, 5.41) is 19.0. The van der Waals surface area contributed by atoms with Gasteiger partial charge < -0.3 is 21.1 Å². The van der Waals surface area contributed by atoms with E-state index in [1.807, 2.05) is 24.3 Å². The van der Waals surface area contributed by atoms with Crippen LogP contribution >= 0.6 is 24.0 Å². The molecule has 0 aromatic heterocycles. The van der Waals surface area contributed by atoms with E-state index >= 15 is 0 Å². The summed E-state index contributed by atoms with van der Waals surface area (Å²) in [6, 6.07) is 8.02. The van der Waals surface area contributed by atoms with Gasteiger partial charge in [-0.25, -0.2) is 0 Å². The number of carbonyl (C=O) groups is 1. The van der Waals surface area contributed by atoms with Gasteiger partial charge in [0.1, 0.15) is 0 Å². The Kier molecular flexibility index (Phi) is 10.6. The number of rotatable bonds is 6. The quantitative estimate of drug-likeness (QED) is 0.289. The van der Waals surface area contributed by atoms with Crippen molar-refractivity contribution in [3.05, 3.63) is 35.4 Å². The van der Waals surface area contributed by atoms with Crippen LogP contribution in [0.1, 0.15) is 48.5 Å². The summed E-state index contributed by atoms with van der Waals surface area (Å²) in [5.41, 5.74) is 1.77. The lowest BCUT2D eigenvalue weighted by atomic mass is 9.93. The van der Waals surface area contributed by atoms with Crippen molar-refractivity contribution in [2.75, 3.05) is 20.1 Å². The smallest absolute Gasteiger partial charge is 0.251 e. The van der Waals surface area contributed by atoms with Gasteiger partial charge in [0.2, 0.25) is 0 Å². The number of nitrogens with zero attached hydrogens (tertiary/aromatic N) is 1. The third-order valence-electron chi connectivity index (χ3n) is 4.47. The highest BCUT2D eigenvalue weighted by Gasteiger charge is 2.19. The van der Waals surface area contributed by atoms with Gasteiger partial charge in [-0.05, 0) is 56.7 Å². The van der Waals surface area contributed by atoms with Crippen LogP contribution in [0.4, 0.5) is 0 Å². The van der Waals surface area contributed by atoms with Gasteiger partial charge in [0.05, 0.1) is 6.10 Å². The minimum Gasteiger partial charge on any atom is -0.393 e. The molecule has 1 aliphatic carbocycles. The lowest BCUT2D eigenvalue weighted by Gasteiger charge is -2.27. The molecule has 0 atom stereocenters. The van der Waals surface area contributed by atoms with Gasteiger partial charge in [-0.1, -0.05) is 12.1 Å². The molecule has 7 heteroatoms. The Balaban J connectivity index is 0.00000338. The number of aliphatic hydroxyl groups excluding tert-OH is 1. The first-order valence-corrected chi connectivity index (χ1v) is 9.16. The van der Waals surface area contributed by atoms with E-state index in [1.165, 1.54) is 0 Å². The van der Waals surface area contributed by atoms with Gasteiger partial charge in [-0.2, -0.15) is 0 Å². The Bertz CT molecular complexity index is 587. The maximum absolute atomic E-state index is 11.7. The van der Waals surface area contributed by atoms with Crippen molar-refractivity contribution in [3.8, 4) is 0 Å². The van der Waals surface area contributed by atoms with E-state index in [2.05, 4.69) is 27.9 Å². The van der Waals surface area contributed by atoms with Crippen LogP contribution in [0.2, 0.25) is 0 Å². The van der Waals surface area contributed by atoms with Gasteiger partial charge in [0.25, 0.3) is 5.91 Å². The molecule has 1 saturated carbocycles. The number of amides is 1. The predicted octanol–water partition coefficient (Wildman–Crippen LogP) is 2.07. The van der Waals surface area contributed by atoms with Crippen molar-refractivity contribution in [1.82, 2.24) is 16.0 Å².